The Morgan fingerprint density at radius 1 is 0.357 bits per heavy atom. The Hall–Kier alpha value is -4.50. The van der Waals surface area contributed by atoms with Crippen LogP contribution in [0.1, 0.15) is 9.75 Å². The molecule has 0 saturated heterocycles. The van der Waals surface area contributed by atoms with Crippen LogP contribution in [-0.2, 0) is 0 Å². The monoisotopic (exact) mass is 570 g/mol. The summed E-state index contributed by atoms with van der Waals surface area (Å²) in [6.07, 6.45) is 0. The van der Waals surface area contributed by atoms with Crippen LogP contribution in [0.2, 0.25) is 0 Å². The topological polar surface area (TPSA) is 0 Å². The lowest BCUT2D eigenvalue weighted by molar-refractivity contribution is 1.65. The fourth-order valence-electron chi connectivity index (χ4n) is 6.90. The van der Waals surface area contributed by atoms with Gasteiger partial charge < -0.3 is 0 Å². The number of aryl methyl sites for hydroxylation is 2. The molecule has 9 aromatic rings. The molecule has 0 atom stereocenters. The van der Waals surface area contributed by atoms with Gasteiger partial charge in [-0.1, -0.05) is 97.1 Å². The molecule has 2 heteroatoms. The third-order valence-corrected chi connectivity index (χ3v) is 10.9. The molecule has 0 aliphatic heterocycles. The minimum atomic E-state index is 1.29. The van der Waals surface area contributed by atoms with E-state index in [0.717, 1.165) is 0 Å². The zero-order chi connectivity index (χ0) is 27.9. The average Bonchev–Trinajstić information content (AvgIpc) is 3.60. The first-order valence-electron chi connectivity index (χ1n) is 14.4. The molecule has 2 heterocycles. The predicted molar refractivity (Wildman–Crippen MR) is 188 cm³/mol. The second kappa shape index (κ2) is 9.00. The highest BCUT2D eigenvalue weighted by molar-refractivity contribution is 7.22. The van der Waals surface area contributed by atoms with E-state index in [-0.39, 0.29) is 0 Å². The Kier molecular flexibility index (Phi) is 5.17. The third-order valence-electron chi connectivity index (χ3n) is 8.77. The van der Waals surface area contributed by atoms with Gasteiger partial charge in [-0.15, -0.1) is 22.7 Å². The molecule has 0 spiro atoms. The predicted octanol–water partition coefficient (Wildman–Crippen LogP) is 12.7. The molecule has 0 fully saturated rings. The van der Waals surface area contributed by atoms with Gasteiger partial charge >= 0.3 is 0 Å². The summed E-state index contributed by atoms with van der Waals surface area (Å²) in [5, 5.41) is 13.1. The molecule has 0 saturated carbocycles. The van der Waals surface area contributed by atoms with E-state index in [9.17, 15) is 0 Å². The van der Waals surface area contributed by atoms with Gasteiger partial charge in [0.2, 0.25) is 0 Å². The van der Waals surface area contributed by atoms with Crippen LogP contribution in [0.3, 0.4) is 0 Å². The van der Waals surface area contributed by atoms with Crippen LogP contribution in [0.4, 0.5) is 0 Å². The highest BCUT2D eigenvalue weighted by Gasteiger charge is 2.21. The van der Waals surface area contributed by atoms with Gasteiger partial charge in [-0.2, -0.15) is 0 Å². The maximum absolute atomic E-state index is 2.43. The summed E-state index contributed by atoms with van der Waals surface area (Å²) >= 11 is 3.85. The fraction of sp³-hybridized carbons (Fsp3) is 0.0500. The molecule has 198 valence electrons. The van der Waals surface area contributed by atoms with E-state index < -0.39 is 0 Å². The van der Waals surface area contributed by atoms with Gasteiger partial charge in [-0.05, 0) is 92.3 Å². The quantitative estimate of drug-likeness (QED) is 0.181. The van der Waals surface area contributed by atoms with Crippen molar-refractivity contribution in [3.63, 3.8) is 0 Å². The summed E-state index contributed by atoms with van der Waals surface area (Å²) in [5.41, 5.74) is 5.33. The van der Waals surface area contributed by atoms with Crippen molar-refractivity contribution in [2.24, 2.45) is 0 Å². The van der Waals surface area contributed by atoms with E-state index in [1.54, 1.807) is 0 Å². The minimum Gasteiger partial charge on any atom is -0.140 e. The van der Waals surface area contributed by atoms with Crippen molar-refractivity contribution >= 4 is 85.9 Å². The average molecular weight is 571 g/mol. The number of rotatable bonds is 2. The first-order valence-corrected chi connectivity index (χ1v) is 16.1. The smallest absolute Gasteiger partial charge is 0.0437 e. The summed E-state index contributed by atoms with van der Waals surface area (Å²) in [6, 6.07) is 45.4. The molecule has 0 bridgehead atoms. The van der Waals surface area contributed by atoms with Gasteiger partial charge in [0, 0.05) is 41.1 Å². The first kappa shape index (κ1) is 24.1. The standard InChI is InChI=1S/C40H26S2/c1-23-19-35-37(29-17-15-27-13-11-25-7-3-5-9-31(25)33(27)21-29)40-36(20-24(2)42-40)38(39(35)41-23)30-18-16-28-14-12-26-8-4-6-10-32(26)34(28)22-30/h3-22H,1-2H3. The van der Waals surface area contributed by atoms with Crippen LogP contribution < -0.4 is 0 Å². The van der Waals surface area contributed by atoms with Crippen LogP contribution in [0.15, 0.2) is 121 Å². The van der Waals surface area contributed by atoms with E-state index in [2.05, 4.69) is 135 Å². The Labute approximate surface area is 252 Å². The van der Waals surface area contributed by atoms with Crippen molar-refractivity contribution in [3.05, 3.63) is 131 Å². The van der Waals surface area contributed by atoms with E-state index in [4.69, 9.17) is 0 Å². The first-order chi connectivity index (χ1) is 20.6. The lowest BCUT2D eigenvalue weighted by Crippen LogP contribution is -1.87. The molecule has 0 aliphatic carbocycles. The highest BCUT2D eigenvalue weighted by atomic mass is 32.1. The maximum atomic E-state index is 2.43. The van der Waals surface area contributed by atoms with Gasteiger partial charge in [-0.3, -0.25) is 0 Å². The van der Waals surface area contributed by atoms with Crippen molar-refractivity contribution in [1.82, 2.24) is 0 Å². The van der Waals surface area contributed by atoms with Crippen LogP contribution in [-0.4, -0.2) is 0 Å². The number of benzene rings is 7. The summed E-state index contributed by atoms with van der Waals surface area (Å²) in [7, 11) is 0. The summed E-state index contributed by atoms with van der Waals surface area (Å²) in [4.78, 5) is 2.69. The Morgan fingerprint density at radius 3 is 1.19 bits per heavy atom. The molecule has 2 aromatic heterocycles. The van der Waals surface area contributed by atoms with Crippen LogP contribution in [0, 0.1) is 13.8 Å². The molecule has 0 unspecified atom stereocenters. The van der Waals surface area contributed by atoms with Crippen LogP contribution in [0.5, 0.6) is 0 Å². The van der Waals surface area contributed by atoms with Gasteiger partial charge in [-0.25, -0.2) is 0 Å². The SMILES string of the molecule is Cc1cc2c(-c3ccc4ccc5ccccc5c4c3)c3sc(C)cc3c(-c3ccc4ccc5ccccc5c4c3)c2s1. The van der Waals surface area contributed by atoms with Gasteiger partial charge in [0.15, 0.2) is 0 Å². The minimum absolute atomic E-state index is 1.29. The molecular weight excluding hydrogens is 545 g/mol. The van der Waals surface area contributed by atoms with E-state index in [0.29, 0.717) is 0 Å². The van der Waals surface area contributed by atoms with E-state index in [1.165, 1.54) is 95.3 Å². The van der Waals surface area contributed by atoms with E-state index in [1.807, 2.05) is 22.7 Å². The molecule has 0 nitrogen and oxygen atoms in total. The molecule has 42 heavy (non-hydrogen) atoms. The molecule has 0 N–H and O–H groups in total. The Bertz CT molecular complexity index is 2310. The van der Waals surface area contributed by atoms with Crippen LogP contribution >= 0.6 is 22.7 Å². The number of fused-ring (bicyclic) bond motifs is 8. The number of thiophene rings is 2. The van der Waals surface area contributed by atoms with Crippen molar-refractivity contribution in [2.45, 2.75) is 13.8 Å². The van der Waals surface area contributed by atoms with Gasteiger partial charge in [0.05, 0.1) is 0 Å². The van der Waals surface area contributed by atoms with E-state index >= 15 is 0 Å². The summed E-state index contributed by atoms with van der Waals surface area (Å²) in [5.74, 6) is 0. The Morgan fingerprint density at radius 2 is 0.738 bits per heavy atom. The summed E-state index contributed by atoms with van der Waals surface area (Å²) in [6.45, 7) is 4.50. The lowest BCUT2D eigenvalue weighted by Gasteiger charge is -2.14. The maximum Gasteiger partial charge on any atom is 0.0437 e. The van der Waals surface area contributed by atoms with Crippen molar-refractivity contribution in [2.75, 3.05) is 0 Å². The molecule has 7 aromatic carbocycles. The van der Waals surface area contributed by atoms with Gasteiger partial charge in [0.1, 0.15) is 0 Å². The molecule has 0 aliphatic rings. The molecule has 9 rings (SSSR count). The zero-order valence-electron chi connectivity index (χ0n) is 23.4. The lowest BCUT2D eigenvalue weighted by atomic mass is 9.90. The second-order valence-corrected chi connectivity index (χ2v) is 13.9. The largest absolute Gasteiger partial charge is 0.140 e. The fourth-order valence-corrected chi connectivity index (χ4v) is 9.10. The number of hydrogen-bond acceptors (Lipinski definition) is 2. The van der Waals surface area contributed by atoms with Crippen molar-refractivity contribution in [1.29, 1.82) is 0 Å². The van der Waals surface area contributed by atoms with Crippen molar-refractivity contribution in [3.8, 4) is 22.3 Å². The highest BCUT2D eigenvalue weighted by Crippen LogP contribution is 2.50. The molecule has 0 amide bonds. The molecular formula is C40H26S2. The van der Waals surface area contributed by atoms with Crippen LogP contribution in [0.25, 0.3) is 85.5 Å². The van der Waals surface area contributed by atoms with Crippen molar-refractivity contribution < 1.29 is 0 Å². The zero-order valence-corrected chi connectivity index (χ0v) is 25.0. The third kappa shape index (κ3) is 3.52. The molecule has 0 radical (unpaired) electrons. The normalized spacial score (nSPS) is 12.0. The number of hydrogen-bond donors (Lipinski definition) is 0. The second-order valence-electron chi connectivity index (χ2n) is 11.4. The Balaban J connectivity index is 1.38. The van der Waals surface area contributed by atoms with Gasteiger partial charge in [0.25, 0.3) is 0 Å². The summed E-state index contributed by atoms with van der Waals surface area (Å²) < 4.78 is 2.76.